The van der Waals surface area contributed by atoms with Gasteiger partial charge in [-0.2, -0.15) is 0 Å². The molecule has 0 aliphatic rings. The lowest BCUT2D eigenvalue weighted by Crippen LogP contribution is -2.18. The Balaban J connectivity index is 2.33. The largest absolute Gasteiger partial charge is 0.394 e. The molecule has 0 spiro atoms. The number of oxime groups is 1. The molecule has 0 fully saturated rings. The Morgan fingerprint density at radius 2 is 2.07 bits per heavy atom. The lowest BCUT2D eigenvalue weighted by Gasteiger charge is -2.02. The molecule has 15 heavy (non-hydrogen) atoms. The SMILES string of the molecule is CCNCCO/N=C(\C)c1ccccc1. The van der Waals surface area contributed by atoms with Crippen molar-refractivity contribution in [2.24, 2.45) is 5.16 Å². The van der Waals surface area contributed by atoms with Gasteiger partial charge in [0.1, 0.15) is 6.61 Å². The summed E-state index contributed by atoms with van der Waals surface area (Å²) in [5, 5.41) is 7.21. The number of likely N-dealkylation sites (N-methyl/N-ethyl adjacent to an activating group) is 1. The van der Waals surface area contributed by atoms with Crippen molar-refractivity contribution in [2.75, 3.05) is 19.7 Å². The Kier molecular flexibility index (Phi) is 5.48. The van der Waals surface area contributed by atoms with Crippen molar-refractivity contribution in [1.82, 2.24) is 5.32 Å². The van der Waals surface area contributed by atoms with E-state index in [2.05, 4.69) is 17.4 Å². The maximum atomic E-state index is 5.18. The first-order valence-electron chi connectivity index (χ1n) is 5.27. The quantitative estimate of drug-likeness (QED) is 0.439. The van der Waals surface area contributed by atoms with Crippen LogP contribution in [-0.2, 0) is 4.84 Å². The number of nitrogens with zero attached hydrogens (tertiary/aromatic N) is 1. The number of nitrogens with one attached hydrogen (secondary N) is 1. The van der Waals surface area contributed by atoms with Crippen LogP contribution in [0.25, 0.3) is 0 Å². The van der Waals surface area contributed by atoms with Gasteiger partial charge in [-0.05, 0) is 19.0 Å². The van der Waals surface area contributed by atoms with Crippen molar-refractivity contribution in [2.45, 2.75) is 13.8 Å². The molecule has 1 rings (SSSR count). The third-order valence-corrected chi connectivity index (χ3v) is 2.01. The molecule has 0 unspecified atom stereocenters. The predicted molar refractivity (Wildman–Crippen MR) is 63.1 cm³/mol. The van der Waals surface area contributed by atoms with Gasteiger partial charge < -0.3 is 10.2 Å². The summed E-state index contributed by atoms with van der Waals surface area (Å²) in [6, 6.07) is 10.0. The standard InChI is InChI=1S/C12H18N2O/c1-3-13-9-10-15-14-11(2)12-7-5-4-6-8-12/h4-8,13H,3,9-10H2,1-2H3/b14-11+. The summed E-state index contributed by atoms with van der Waals surface area (Å²) in [7, 11) is 0. The van der Waals surface area contributed by atoms with Gasteiger partial charge in [-0.3, -0.25) is 0 Å². The van der Waals surface area contributed by atoms with E-state index in [1.54, 1.807) is 0 Å². The summed E-state index contributed by atoms with van der Waals surface area (Å²) in [4.78, 5) is 5.18. The monoisotopic (exact) mass is 206 g/mol. The lowest BCUT2D eigenvalue weighted by molar-refractivity contribution is 0.146. The van der Waals surface area contributed by atoms with Gasteiger partial charge in [-0.25, -0.2) is 0 Å². The first-order valence-corrected chi connectivity index (χ1v) is 5.27. The van der Waals surface area contributed by atoms with Crippen molar-refractivity contribution in [3.05, 3.63) is 35.9 Å². The fourth-order valence-corrected chi connectivity index (χ4v) is 1.17. The van der Waals surface area contributed by atoms with E-state index in [-0.39, 0.29) is 0 Å². The van der Waals surface area contributed by atoms with Crippen LogP contribution in [0.4, 0.5) is 0 Å². The zero-order valence-corrected chi connectivity index (χ0v) is 9.36. The molecule has 1 aromatic carbocycles. The molecule has 1 N–H and O–H groups in total. The van der Waals surface area contributed by atoms with Gasteiger partial charge in [0.15, 0.2) is 0 Å². The summed E-state index contributed by atoms with van der Waals surface area (Å²) in [6.45, 7) is 6.42. The number of hydrogen-bond acceptors (Lipinski definition) is 3. The van der Waals surface area contributed by atoms with Gasteiger partial charge in [-0.1, -0.05) is 42.4 Å². The highest BCUT2D eigenvalue weighted by molar-refractivity contribution is 5.98. The molecular formula is C12H18N2O. The fourth-order valence-electron chi connectivity index (χ4n) is 1.17. The minimum Gasteiger partial charge on any atom is -0.394 e. The molecule has 3 nitrogen and oxygen atoms in total. The molecule has 0 saturated heterocycles. The summed E-state index contributed by atoms with van der Waals surface area (Å²) in [5.41, 5.74) is 2.01. The van der Waals surface area contributed by atoms with Gasteiger partial charge in [0.25, 0.3) is 0 Å². The molecule has 0 amide bonds. The topological polar surface area (TPSA) is 33.6 Å². The molecule has 0 bridgehead atoms. The molecule has 0 aliphatic carbocycles. The van der Waals surface area contributed by atoms with E-state index in [9.17, 15) is 0 Å². The third kappa shape index (κ3) is 4.61. The summed E-state index contributed by atoms with van der Waals surface area (Å²) < 4.78 is 0. The second-order valence-corrected chi connectivity index (χ2v) is 3.23. The molecule has 0 aliphatic heterocycles. The number of benzene rings is 1. The van der Waals surface area contributed by atoms with Crippen molar-refractivity contribution in [1.29, 1.82) is 0 Å². The Morgan fingerprint density at radius 1 is 1.33 bits per heavy atom. The third-order valence-electron chi connectivity index (χ3n) is 2.01. The van der Waals surface area contributed by atoms with Gasteiger partial charge in [0.05, 0.1) is 5.71 Å². The molecule has 0 saturated carbocycles. The Bertz CT molecular complexity index is 296. The van der Waals surface area contributed by atoms with E-state index in [1.165, 1.54) is 0 Å². The predicted octanol–water partition coefficient (Wildman–Crippen LogP) is 2.04. The molecule has 82 valence electrons. The van der Waals surface area contributed by atoms with E-state index in [4.69, 9.17) is 4.84 Å². The minimum atomic E-state index is 0.609. The number of hydrogen-bond donors (Lipinski definition) is 1. The summed E-state index contributed by atoms with van der Waals surface area (Å²) in [6.07, 6.45) is 0. The zero-order chi connectivity index (χ0) is 10.9. The van der Waals surface area contributed by atoms with Crippen LogP contribution in [0, 0.1) is 0 Å². The summed E-state index contributed by atoms with van der Waals surface area (Å²) in [5.74, 6) is 0. The second kappa shape index (κ2) is 7.01. The van der Waals surface area contributed by atoms with Crippen molar-refractivity contribution >= 4 is 5.71 Å². The molecular weight excluding hydrogens is 188 g/mol. The number of rotatable bonds is 6. The zero-order valence-electron chi connectivity index (χ0n) is 9.36. The van der Waals surface area contributed by atoms with E-state index >= 15 is 0 Å². The van der Waals surface area contributed by atoms with Crippen molar-refractivity contribution in [3.8, 4) is 0 Å². The highest BCUT2D eigenvalue weighted by Gasteiger charge is 1.95. The van der Waals surface area contributed by atoms with Crippen LogP contribution in [-0.4, -0.2) is 25.4 Å². The van der Waals surface area contributed by atoms with E-state index in [0.29, 0.717) is 6.61 Å². The van der Waals surface area contributed by atoms with Crippen LogP contribution >= 0.6 is 0 Å². The van der Waals surface area contributed by atoms with Crippen LogP contribution in [0.3, 0.4) is 0 Å². The van der Waals surface area contributed by atoms with Crippen LogP contribution in [0.2, 0.25) is 0 Å². The first kappa shape index (κ1) is 11.7. The average molecular weight is 206 g/mol. The van der Waals surface area contributed by atoms with Crippen LogP contribution < -0.4 is 5.32 Å². The Morgan fingerprint density at radius 3 is 2.73 bits per heavy atom. The Hall–Kier alpha value is -1.35. The van der Waals surface area contributed by atoms with Crippen LogP contribution in [0.5, 0.6) is 0 Å². The average Bonchev–Trinajstić information content (AvgIpc) is 2.30. The normalized spacial score (nSPS) is 11.5. The molecule has 3 heteroatoms. The molecule has 1 aromatic rings. The molecule has 0 atom stereocenters. The summed E-state index contributed by atoms with van der Waals surface area (Å²) >= 11 is 0. The minimum absolute atomic E-state index is 0.609. The van der Waals surface area contributed by atoms with Gasteiger partial charge in [-0.15, -0.1) is 0 Å². The van der Waals surface area contributed by atoms with Gasteiger partial charge in [0, 0.05) is 6.54 Å². The highest BCUT2D eigenvalue weighted by Crippen LogP contribution is 2.00. The van der Waals surface area contributed by atoms with Crippen LogP contribution in [0.1, 0.15) is 19.4 Å². The van der Waals surface area contributed by atoms with Crippen LogP contribution in [0.15, 0.2) is 35.5 Å². The van der Waals surface area contributed by atoms with E-state index in [1.807, 2.05) is 37.3 Å². The lowest BCUT2D eigenvalue weighted by atomic mass is 10.1. The molecule has 0 aromatic heterocycles. The molecule has 0 radical (unpaired) electrons. The maximum Gasteiger partial charge on any atom is 0.129 e. The smallest absolute Gasteiger partial charge is 0.129 e. The Labute approximate surface area is 91.1 Å². The van der Waals surface area contributed by atoms with Gasteiger partial charge in [0.2, 0.25) is 0 Å². The van der Waals surface area contributed by atoms with Crippen molar-refractivity contribution in [3.63, 3.8) is 0 Å². The van der Waals surface area contributed by atoms with Crippen molar-refractivity contribution < 1.29 is 4.84 Å². The molecule has 0 heterocycles. The van der Waals surface area contributed by atoms with E-state index < -0.39 is 0 Å². The van der Waals surface area contributed by atoms with Gasteiger partial charge >= 0.3 is 0 Å². The van der Waals surface area contributed by atoms with E-state index in [0.717, 1.165) is 24.4 Å². The maximum absolute atomic E-state index is 5.18. The first-order chi connectivity index (χ1) is 7.34. The highest BCUT2D eigenvalue weighted by atomic mass is 16.6. The fraction of sp³-hybridized carbons (Fsp3) is 0.417. The second-order valence-electron chi connectivity index (χ2n) is 3.23.